The molecule has 2 aromatic carbocycles. The Labute approximate surface area is 202 Å². The number of carbonyl (C=O) groups is 1. The number of aromatic amines is 1. The predicted octanol–water partition coefficient (Wildman–Crippen LogP) is 5.14. The van der Waals surface area contributed by atoms with Crippen molar-refractivity contribution < 1.29 is 18.7 Å². The number of benzene rings is 2. The van der Waals surface area contributed by atoms with Crippen LogP contribution in [0, 0.1) is 18.2 Å². The number of anilines is 1. The van der Waals surface area contributed by atoms with E-state index in [0.29, 0.717) is 52.4 Å². The topological polar surface area (TPSA) is 104 Å². The van der Waals surface area contributed by atoms with Crippen molar-refractivity contribution in [2.45, 2.75) is 18.9 Å². The van der Waals surface area contributed by atoms with Gasteiger partial charge in [-0.3, -0.25) is 0 Å². The van der Waals surface area contributed by atoms with E-state index in [-0.39, 0.29) is 17.3 Å². The molecule has 0 aliphatic carbocycles. The van der Waals surface area contributed by atoms with Crippen LogP contribution in [0.2, 0.25) is 0 Å². The van der Waals surface area contributed by atoms with Crippen LogP contribution in [0.3, 0.4) is 0 Å². The van der Waals surface area contributed by atoms with E-state index in [4.69, 9.17) is 11.6 Å². The molecule has 1 aliphatic rings. The lowest BCUT2D eigenvalue weighted by Crippen LogP contribution is -2.24. The first-order chi connectivity index (χ1) is 17.4. The SMILES string of the molecule is [C-]#[N+]c1cc2[nH]c(-c3cnn4ccc(N5CCC[C@@H]5c5cc(F)ccc5F)nc34)nc2cc1C(=O)O. The maximum atomic E-state index is 14.5. The van der Waals surface area contributed by atoms with Gasteiger partial charge in [0.15, 0.2) is 5.65 Å². The van der Waals surface area contributed by atoms with Gasteiger partial charge in [0.2, 0.25) is 5.69 Å². The van der Waals surface area contributed by atoms with Crippen LogP contribution in [0.4, 0.5) is 20.3 Å². The van der Waals surface area contributed by atoms with Crippen molar-refractivity contribution in [3.05, 3.63) is 83.0 Å². The van der Waals surface area contributed by atoms with E-state index in [2.05, 4.69) is 19.9 Å². The number of imidazole rings is 1. The third kappa shape index (κ3) is 3.42. The Hall–Kier alpha value is -4.85. The summed E-state index contributed by atoms with van der Waals surface area (Å²) in [6.07, 6.45) is 4.79. The van der Waals surface area contributed by atoms with E-state index < -0.39 is 17.6 Å². The van der Waals surface area contributed by atoms with Crippen LogP contribution in [0.15, 0.2) is 48.8 Å². The normalized spacial score (nSPS) is 15.6. The Morgan fingerprint density at radius 3 is 2.86 bits per heavy atom. The summed E-state index contributed by atoms with van der Waals surface area (Å²) >= 11 is 0. The summed E-state index contributed by atoms with van der Waals surface area (Å²) in [5, 5.41) is 13.7. The number of carboxylic acids is 1. The minimum absolute atomic E-state index is 0.00938. The van der Waals surface area contributed by atoms with Crippen molar-refractivity contribution in [1.29, 1.82) is 0 Å². The van der Waals surface area contributed by atoms with E-state index in [9.17, 15) is 18.7 Å². The van der Waals surface area contributed by atoms with E-state index in [1.165, 1.54) is 18.2 Å². The quantitative estimate of drug-likeness (QED) is 0.342. The molecular weight excluding hydrogens is 468 g/mol. The molecule has 0 spiro atoms. The number of rotatable bonds is 4. The number of H-pyrrole nitrogens is 1. The van der Waals surface area contributed by atoms with Crippen LogP contribution in [0.5, 0.6) is 0 Å². The standard InChI is InChI=1S/C25H17F2N7O2/c1-28-18-11-20-19(10-15(18)25(35)36)30-23(31-20)16-12-29-34-8-6-22(32-24(16)34)33-7-2-3-21(33)14-9-13(26)4-5-17(14)27/h4-6,8-12,21H,2-3,7H2,(H,30,31)(H,35,36)/t21-/m1/s1. The van der Waals surface area contributed by atoms with Gasteiger partial charge in [-0.2, -0.15) is 5.10 Å². The minimum Gasteiger partial charge on any atom is -0.479 e. The summed E-state index contributed by atoms with van der Waals surface area (Å²) in [6, 6.07) is 7.72. The largest absolute Gasteiger partial charge is 0.479 e. The van der Waals surface area contributed by atoms with Crippen LogP contribution in [-0.2, 0) is 0 Å². The van der Waals surface area contributed by atoms with E-state index in [1.54, 1.807) is 23.0 Å². The second kappa shape index (κ2) is 8.13. The smallest absolute Gasteiger partial charge is 0.325 e. The fourth-order valence-corrected chi connectivity index (χ4v) is 4.76. The van der Waals surface area contributed by atoms with Crippen LogP contribution in [0.25, 0.3) is 32.9 Å². The van der Waals surface area contributed by atoms with Crippen molar-refractivity contribution in [2.24, 2.45) is 0 Å². The van der Waals surface area contributed by atoms with Gasteiger partial charge in [0, 0.05) is 18.3 Å². The first-order valence-electron chi connectivity index (χ1n) is 11.1. The number of halogens is 2. The van der Waals surface area contributed by atoms with Crippen LogP contribution >= 0.6 is 0 Å². The third-order valence-corrected chi connectivity index (χ3v) is 6.42. The van der Waals surface area contributed by atoms with Gasteiger partial charge in [-0.1, -0.05) is 0 Å². The van der Waals surface area contributed by atoms with Crippen LogP contribution < -0.4 is 4.90 Å². The molecular formula is C25H17F2N7O2. The van der Waals surface area contributed by atoms with Crippen molar-refractivity contribution in [2.75, 3.05) is 11.4 Å². The summed E-state index contributed by atoms with van der Waals surface area (Å²) < 4.78 is 30.0. The Morgan fingerprint density at radius 2 is 2.06 bits per heavy atom. The molecule has 11 heteroatoms. The van der Waals surface area contributed by atoms with Crippen molar-refractivity contribution in [3.63, 3.8) is 0 Å². The zero-order valence-corrected chi connectivity index (χ0v) is 18.6. The average molecular weight is 485 g/mol. The second-order valence-corrected chi connectivity index (χ2v) is 8.52. The van der Waals surface area contributed by atoms with Gasteiger partial charge in [0.25, 0.3) is 0 Å². The molecule has 1 saturated heterocycles. The predicted molar refractivity (Wildman–Crippen MR) is 127 cm³/mol. The molecule has 0 amide bonds. The second-order valence-electron chi connectivity index (χ2n) is 8.52. The van der Waals surface area contributed by atoms with Crippen LogP contribution in [0.1, 0.15) is 34.8 Å². The first-order valence-corrected chi connectivity index (χ1v) is 11.1. The fourth-order valence-electron chi connectivity index (χ4n) is 4.76. The summed E-state index contributed by atoms with van der Waals surface area (Å²) in [5.74, 6) is -1.14. The monoisotopic (exact) mass is 485 g/mol. The Morgan fingerprint density at radius 1 is 1.19 bits per heavy atom. The van der Waals surface area contributed by atoms with Gasteiger partial charge >= 0.3 is 5.97 Å². The molecule has 0 unspecified atom stereocenters. The fraction of sp³-hybridized carbons (Fsp3) is 0.160. The van der Waals surface area contributed by atoms with Gasteiger partial charge in [-0.05, 0) is 49.2 Å². The van der Waals surface area contributed by atoms with E-state index in [0.717, 1.165) is 18.6 Å². The lowest BCUT2D eigenvalue weighted by atomic mass is 10.0. The zero-order valence-electron chi connectivity index (χ0n) is 18.6. The lowest BCUT2D eigenvalue weighted by Gasteiger charge is -2.26. The number of aromatic carboxylic acids is 1. The zero-order chi connectivity index (χ0) is 25.0. The number of hydrogen-bond donors (Lipinski definition) is 2. The maximum Gasteiger partial charge on any atom is 0.325 e. The molecule has 3 aromatic heterocycles. The number of aromatic nitrogens is 5. The summed E-state index contributed by atoms with van der Waals surface area (Å²) in [7, 11) is 0. The van der Waals surface area contributed by atoms with Gasteiger partial charge in [-0.25, -0.2) is 32.9 Å². The summed E-state index contributed by atoms with van der Waals surface area (Å²) in [4.78, 5) is 29.2. The molecule has 0 saturated carbocycles. The highest BCUT2D eigenvalue weighted by Gasteiger charge is 2.30. The van der Waals surface area contributed by atoms with Gasteiger partial charge in [-0.15, -0.1) is 0 Å². The van der Waals surface area contributed by atoms with Gasteiger partial charge in [0.1, 0.15) is 23.3 Å². The Balaban J connectivity index is 1.43. The molecule has 4 heterocycles. The average Bonchev–Trinajstić information content (AvgIpc) is 3.61. The number of fused-ring (bicyclic) bond motifs is 2. The molecule has 0 radical (unpaired) electrons. The highest BCUT2D eigenvalue weighted by Crippen LogP contribution is 2.37. The third-order valence-electron chi connectivity index (χ3n) is 6.42. The van der Waals surface area contributed by atoms with Crippen molar-refractivity contribution in [1.82, 2.24) is 24.6 Å². The van der Waals surface area contributed by atoms with Gasteiger partial charge < -0.3 is 15.0 Å². The van der Waals surface area contributed by atoms with E-state index >= 15 is 0 Å². The lowest BCUT2D eigenvalue weighted by molar-refractivity contribution is 0.0698. The molecule has 36 heavy (non-hydrogen) atoms. The van der Waals surface area contributed by atoms with Crippen molar-refractivity contribution >= 4 is 34.2 Å². The van der Waals surface area contributed by atoms with Crippen molar-refractivity contribution in [3.8, 4) is 11.4 Å². The summed E-state index contributed by atoms with van der Waals surface area (Å²) in [6.45, 7) is 7.91. The number of hydrogen-bond acceptors (Lipinski definition) is 5. The molecule has 6 rings (SSSR count). The number of carboxylic acid groups (broad SMARTS) is 1. The molecule has 0 bridgehead atoms. The van der Waals surface area contributed by atoms with Gasteiger partial charge in [0.05, 0.1) is 41.0 Å². The molecule has 1 fully saturated rings. The minimum atomic E-state index is -1.20. The van der Waals surface area contributed by atoms with E-state index in [1.807, 2.05) is 4.90 Å². The maximum absolute atomic E-state index is 14.5. The Kier molecular flexibility index (Phi) is 4.89. The first kappa shape index (κ1) is 21.7. The highest BCUT2D eigenvalue weighted by atomic mass is 19.1. The molecule has 1 atom stereocenters. The molecule has 9 nitrogen and oxygen atoms in total. The molecule has 2 N–H and O–H groups in total. The molecule has 1 aliphatic heterocycles. The molecule has 5 aromatic rings. The highest BCUT2D eigenvalue weighted by molar-refractivity contribution is 6.00. The number of nitrogens with zero attached hydrogens (tertiary/aromatic N) is 6. The molecule has 178 valence electrons. The Bertz CT molecular complexity index is 1720. The number of nitrogens with one attached hydrogen (secondary N) is 1. The van der Waals surface area contributed by atoms with Crippen LogP contribution in [-0.4, -0.2) is 42.2 Å². The summed E-state index contributed by atoms with van der Waals surface area (Å²) in [5.41, 5.74) is 2.15.